The molecule has 2 N–H and O–H groups in total. The second-order valence-corrected chi connectivity index (χ2v) is 7.25. The van der Waals surface area contributed by atoms with Crippen LogP contribution in [0, 0.1) is 0 Å². The first-order valence-corrected chi connectivity index (χ1v) is 9.02. The topological polar surface area (TPSA) is 106 Å². The van der Waals surface area contributed by atoms with Crippen LogP contribution in [0.3, 0.4) is 0 Å². The van der Waals surface area contributed by atoms with Crippen LogP contribution in [0.4, 0.5) is 5.69 Å². The lowest BCUT2D eigenvalue weighted by Crippen LogP contribution is -2.55. The molecule has 0 aliphatic carbocycles. The van der Waals surface area contributed by atoms with Gasteiger partial charge in [0.1, 0.15) is 16.6 Å². The molecule has 1 aliphatic heterocycles. The van der Waals surface area contributed by atoms with E-state index < -0.39 is 23.5 Å². The zero-order chi connectivity index (χ0) is 19.1. The number of para-hydroxylation sites is 1. The predicted molar refractivity (Wildman–Crippen MR) is 103 cm³/mol. The van der Waals surface area contributed by atoms with Gasteiger partial charge in [0.2, 0.25) is 5.78 Å². The van der Waals surface area contributed by atoms with Crippen LogP contribution in [0.15, 0.2) is 53.6 Å². The van der Waals surface area contributed by atoms with Gasteiger partial charge in [-0.15, -0.1) is 11.3 Å². The van der Waals surface area contributed by atoms with Gasteiger partial charge >= 0.3 is 5.91 Å². The number of aromatic nitrogens is 1. The monoisotopic (exact) mass is 398 g/mol. The molecule has 1 unspecified atom stereocenters. The number of thiazole rings is 1. The molecule has 2 aromatic carbocycles. The number of carbonyl (C=O) groups is 3. The van der Waals surface area contributed by atoms with Crippen molar-refractivity contribution in [1.82, 2.24) is 4.98 Å². The molecule has 0 spiro atoms. The maximum atomic E-state index is 12.9. The molecule has 1 atom stereocenters. The number of anilines is 1. The number of piperidine rings is 1. The van der Waals surface area contributed by atoms with Crippen molar-refractivity contribution in [2.75, 3.05) is 4.90 Å². The van der Waals surface area contributed by atoms with Crippen molar-refractivity contribution in [2.45, 2.75) is 5.92 Å². The molecule has 4 rings (SSSR count). The van der Waals surface area contributed by atoms with Crippen molar-refractivity contribution < 1.29 is 14.4 Å². The average molecular weight is 399 g/mol. The molecule has 9 heteroatoms. The van der Waals surface area contributed by atoms with Crippen LogP contribution < -0.4 is 10.7 Å². The van der Waals surface area contributed by atoms with Crippen LogP contribution in [0.25, 0.3) is 10.2 Å². The Hall–Kier alpha value is -3.10. The van der Waals surface area contributed by atoms with E-state index in [1.165, 1.54) is 35.6 Å². The molecule has 0 radical (unpaired) electrons. The molecule has 1 saturated heterocycles. The second-order valence-electron chi connectivity index (χ2n) is 5.75. The Bertz CT molecular complexity index is 1090. The van der Waals surface area contributed by atoms with E-state index in [4.69, 9.17) is 17.4 Å². The highest BCUT2D eigenvalue weighted by Gasteiger charge is 2.48. The van der Waals surface area contributed by atoms with Crippen molar-refractivity contribution in [3.05, 3.63) is 58.6 Å². The highest BCUT2D eigenvalue weighted by Crippen LogP contribution is 2.33. The molecule has 0 saturated carbocycles. The van der Waals surface area contributed by atoms with Crippen LogP contribution in [0.1, 0.15) is 10.9 Å². The Morgan fingerprint density at radius 1 is 1.04 bits per heavy atom. The third-order valence-electron chi connectivity index (χ3n) is 4.15. The highest BCUT2D eigenvalue weighted by atomic mass is 35.5. The first kappa shape index (κ1) is 17.3. The first-order valence-electron chi connectivity index (χ1n) is 7.82. The zero-order valence-corrected chi connectivity index (χ0v) is 15.2. The van der Waals surface area contributed by atoms with Crippen LogP contribution in [-0.4, -0.2) is 28.3 Å². The normalized spacial score (nSPS) is 19.3. The van der Waals surface area contributed by atoms with Gasteiger partial charge < -0.3 is 5.84 Å². The summed E-state index contributed by atoms with van der Waals surface area (Å²) in [4.78, 5) is 43.5. The number of hydrazone groups is 1. The summed E-state index contributed by atoms with van der Waals surface area (Å²) in [6.45, 7) is 0. The highest BCUT2D eigenvalue weighted by molar-refractivity contribution is 7.19. The van der Waals surface area contributed by atoms with Gasteiger partial charge in [0.25, 0.3) is 5.91 Å². The summed E-state index contributed by atoms with van der Waals surface area (Å²) >= 11 is 7.06. The van der Waals surface area contributed by atoms with Crippen molar-refractivity contribution in [3.63, 3.8) is 0 Å². The number of rotatable bonds is 2. The number of amides is 2. The lowest BCUT2D eigenvalue weighted by atomic mass is 9.92. The van der Waals surface area contributed by atoms with E-state index in [9.17, 15) is 14.4 Å². The van der Waals surface area contributed by atoms with E-state index in [2.05, 4.69) is 10.1 Å². The number of hydrogen-bond acceptors (Lipinski definition) is 7. The average Bonchev–Trinajstić information content (AvgIpc) is 3.09. The van der Waals surface area contributed by atoms with Gasteiger partial charge in [0.05, 0.1) is 15.9 Å². The predicted octanol–water partition coefficient (Wildman–Crippen LogP) is 2.49. The van der Waals surface area contributed by atoms with Gasteiger partial charge in [-0.25, -0.2) is 9.88 Å². The van der Waals surface area contributed by atoms with Gasteiger partial charge in [-0.05, 0) is 36.4 Å². The third-order valence-corrected chi connectivity index (χ3v) is 5.51. The summed E-state index contributed by atoms with van der Waals surface area (Å²) in [6, 6.07) is 13.2. The van der Waals surface area contributed by atoms with Crippen LogP contribution >= 0.6 is 22.9 Å². The van der Waals surface area contributed by atoms with Crippen molar-refractivity contribution in [2.24, 2.45) is 10.9 Å². The summed E-state index contributed by atoms with van der Waals surface area (Å²) in [7, 11) is 0. The summed E-state index contributed by atoms with van der Waals surface area (Å²) in [5.74, 6) is 1.68. The molecule has 134 valence electrons. The van der Waals surface area contributed by atoms with Crippen molar-refractivity contribution in [1.29, 1.82) is 0 Å². The zero-order valence-electron chi connectivity index (χ0n) is 13.6. The smallest absolute Gasteiger partial charge is 0.302 e. The molecule has 2 heterocycles. The number of Topliss-reactive ketones (excluding diaryl/α,β-unsaturated/α-hetero) is 1. The number of benzene rings is 2. The molecule has 27 heavy (non-hydrogen) atoms. The van der Waals surface area contributed by atoms with E-state index >= 15 is 0 Å². The Morgan fingerprint density at radius 2 is 1.74 bits per heavy atom. The molecule has 0 bridgehead atoms. The number of imide groups is 1. The number of nitrogens with zero attached hydrogens (tertiary/aromatic N) is 3. The van der Waals surface area contributed by atoms with E-state index in [-0.39, 0.29) is 11.4 Å². The lowest BCUT2D eigenvalue weighted by Gasteiger charge is -2.28. The lowest BCUT2D eigenvalue weighted by molar-refractivity contribution is -0.139. The van der Waals surface area contributed by atoms with Crippen molar-refractivity contribution in [3.8, 4) is 0 Å². The molecule has 1 aromatic heterocycles. The number of carbonyl (C=O) groups excluding carboxylic acids is 3. The number of halogens is 1. The number of fused-ring (bicyclic) bond motifs is 1. The summed E-state index contributed by atoms with van der Waals surface area (Å²) < 4.78 is 0.830. The Balaban J connectivity index is 1.80. The molecule has 2 amide bonds. The van der Waals surface area contributed by atoms with Crippen LogP contribution in [0.2, 0.25) is 5.02 Å². The maximum absolute atomic E-state index is 12.9. The number of ketones is 1. The minimum Gasteiger partial charge on any atom is -0.323 e. The summed E-state index contributed by atoms with van der Waals surface area (Å²) in [5, 5.41) is 4.27. The van der Waals surface area contributed by atoms with Gasteiger partial charge in [-0.3, -0.25) is 14.4 Å². The molecule has 3 aromatic rings. The standard InChI is InChI=1S/C18H11ClN4O3S/c19-9-5-7-10(8-6-9)23-17(25)14(22-20)13(15(24)18(23)26)16-21-11-3-1-2-4-12(11)27-16/h1-8,13H,20H2. The third kappa shape index (κ3) is 2.79. The second kappa shape index (κ2) is 6.57. The SMILES string of the molecule is NN=C1C(=O)N(c2ccc(Cl)cc2)C(=O)C(=O)C1c1nc2ccccc2s1. The van der Waals surface area contributed by atoms with Gasteiger partial charge in [0, 0.05) is 5.02 Å². The fourth-order valence-corrected chi connectivity index (χ4v) is 4.08. The minimum absolute atomic E-state index is 0.214. The molecule has 1 fully saturated rings. The molecular formula is C18H11ClN4O3S. The van der Waals surface area contributed by atoms with E-state index in [0.29, 0.717) is 15.5 Å². The Morgan fingerprint density at radius 3 is 2.41 bits per heavy atom. The van der Waals surface area contributed by atoms with Gasteiger partial charge in [-0.1, -0.05) is 23.7 Å². The number of nitrogens with two attached hydrogens (primary N) is 1. The maximum Gasteiger partial charge on any atom is 0.302 e. The van der Waals surface area contributed by atoms with Crippen LogP contribution in [0.5, 0.6) is 0 Å². The fourth-order valence-electron chi connectivity index (χ4n) is 2.89. The van der Waals surface area contributed by atoms with Crippen LogP contribution in [-0.2, 0) is 14.4 Å². The van der Waals surface area contributed by atoms with E-state index in [1.807, 2.05) is 18.2 Å². The molecule has 1 aliphatic rings. The van der Waals surface area contributed by atoms with E-state index in [1.54, 1.807) is 6.07 Å². The first-order chi connectivity index (χ1) is 13.0. The van der Waals surface area contributed by atoms with Gasteiger partial charge in [-0.2, -0.15) is 5.10 Å². The number of hydrogen-bond donors (Lipinski definition) is 1. The molecular weight excluding hydrogens is 388 g/mol. The fraction of sp³-hybridized carbons (Fsp3) is 0.0556. The quantitative estimate of drug-likeness (QED) is 0.309. The largest absolute Gasteiger partial charge is 0.323 e. The summed E-state index contributed by atoms with van der Waals surface area (Å²) in [5.41, 5.74) is 0.655. The van der Waals surface area contributed by atoms with Gasteiger partial charge in [0.15, 0.2) is 0 Å². The van der Waals surface area contributed by atoms with E-state index in [0.717, 1.165) is 9.60 Å². The Kier molecular flexibility index (Phi) is 4.21. The minimum atomic E-state index is -1.21. The van der Waals surface area contributed by atoms with Crippen molar-refractivity contribution >= 4 is 62.2 Å². The Labute approximate surface area is 162 Å². The molecule has 7 nitrogen and oxygen atoms in total. The summed E-state index contributed by atoms with van der Waals surface area (Å²) in [6.07, 6.45) is 0.